The van der Waals surface area contributed by atoms with Crippen molar-refractivity contribution in [3.63, 3.8) is 0 Å². The van der Waals surface area contributed by atoms with Gasteiger partial charge in [0.15, 0.2) is 0 Å². The lowest BCUT2D eigenvalue weighted by molar-refractivity contribution is -0.00000482. The van der Waals surface area contributed by atoms with Gasteiger partial charge in [-0.05, 0) is 55.8 Å². The van der Waals surface area contributed by atoms with Crippen LogP contribution < -0.4 is 22.5 Å². The highest BCUT2D eigenvalue weighted by molar-refractivity contribution is 6.31. The lowest BCUT2D eigenvalue weighted by Crippen LogP contribution is -3.00. The van der Waals surface area contributed by atoms with E-state index in [1.54, 1.807) is 7.11 Å². The summed E-state index contributed by atoms with van der Waals surface area (Å²) in [5.74, 6) is 0.808. The third-order valence-electron chi connectivity index (χ3n) is 3.59. The zero-order chi connectivity index (χ0) is 15.7. The second kappa shape index (κ2) is 7.07. The molecule has 3 aromatic rings. The van der Waals surface area contributed by atoms with Crippen LogP contribution in [0.5, 0.6) is 5.75 Å². The number of pyridine rings is 1. The second-order valence-electron chi connectivity index (χ2n) is 5.28. The summed E-state index contributed by atoms with van der Waals surface area (Å²) >= 11 is 6.20. The van der Waals surface area contributed by atoms with Gasteiger partial charge in [0.05, 0.1) is 12.6 Å². The molecule has 1 heterocycles. The van der Waals surface area contributed by atoms with Crippen molar-refractivity contribution >= 4 is 33.9 Å². The normalized spacial score (nSPS) is 10.3. The molecule has 0 aliphatic carbocycles. The SMILES string of the molecule is COc1ccc2nc(C)cc(Nc3ccc(C)c(Cl)c3)c2c1.[Cl-]. The van der Waals surface area contributed by atoms with Crippen molar-refractivity contribution in [2.24, 2.45) is 0 Å². The maximum absolute atomic E-state index is 6.20. The molecular weight excluding hydrogens is 331 g/mol. The van der Waals surface area contributed by atoms with Crippen LogP contribution in [0.25, 0.3) is 10.9 Å². The van der Waals surface area contributed by atoms with Gasteiger partial charge in [-0.15, -0.1) is 0 Å². The van der Waals surface area contributed by atoms with Crippen molar-refractivity contribution in [1.82, 2.24) is 4.98 Å². The summed E-state index contributed by atoms with van der Waals surface area (Å²) in [6.45, 7) is 3.97. The Hall–Kier alpha value is -1.97. The van der Waals surface area contributed by atoms with Gasteiger partial charge >= 0.3 is 0 Å². The molecule has 3 rings (SSSR count). The van der Waals surface area contributed by atoms with Crippen LogP contribution in [-0.2, 0) is 0 Å². The van der Waals surface area contributed by atoms with Crippen molar-refractivity contribution in [1.29, 1.82) is 0 Å². The number of methoxy groups -OCH3 is 1. The van der Waals surface area contributed by atoms with Crippen molar-refractivity contribution in [2.75, 3.05) is 12.4 Å². The number of halogens is 2. The number of ether oxygens (including phenoxy) is 1. The molecule has 0 bridgehead atoms. The van der Waals surface area contributed by atoms with E-state index in [1.807, 2.05) is 56.3 Å². The van der Waals surface area contributed by atoms with Crippen LogP contribution in [0.15, 0.2) is 42.5 Å². The minimum atomic E-state index is 0. The highest BCUT2D eigenvalue weighted by Gasteiger charge is 2.07. The Morgan fingerprint density at radius 2 is 1.83 bits per heavy atom. The van der Waals surface area contributed by atoms with Crippen LogP contribution in [0.2, 0.25) is 5.02 Å². The topological polar surface area (TPSA) is 34.1 Å². The zero-order valence-electron chi connectivity index (χ0n) is 13.2. The van der Waals surface area contributed by atoms with Crippen LogP contribution in [0.4, 0.5) is 11.4 Å². The molecule has 2 aromatic carbocycles. The molecule has 0 fully saturated rings. The number of anilines is 2. The monoisotopic (exact) mass is 347 g/mol. The number of aryl methyl sites for hydroxylation is 2. The summed E-state index contributed by atoms with van der Waals surface area (Å²) in [6.07, 6.45) is 0. The Morgan fingerprint density at radius 1 is 1.04 bits per heavy atom. The van der Waals surface area contributed by atoms with Gasteiger partial charge in [-0.3, -0.25) is 4.98 Å². The first-order valence-electron chi connectivity index (χ1n) is 7.05. The van der Waals surface area contributed by atoms with Crippen molar-refractivity contribution in [3.8, 4) is 5.75 Å². The average molecular weight is 348 g/mol. The number of nitrogens with one attached hydrogen (secondary N) is 1. The molecule has 0 saturated heterocycles. The molecule has 0 amide bonds. The van der Waals surface area contributed by atoms with Crippen LogP contribution in [0, 0.1) is 13.8 Å². The van der Waals surface area contributed by atoms with Gasteiger partial charge in [-0.25, -0.2) is 0 Å². The van der Waals surface area contributed by atoms with Gasteiger partial charge in [0, 0.05) is 27.5 Å². The van der Waals surface area contributed by atoms with Gasteiger partial charge < -0.3 is 22.5 Å². The first-order valence-corrected chi connectivity index (χ1v) is 7.43. The summed E-state index contributed by atoms with van der Waals surface area (Å²) in [6, 6.07) is 13.8. The third-order valence-corrected chi connectivity index (χ3v) is 4.00. The highest BCUT2D eigenvalue weighted by atomic mass is 35.5. The lowest BCUT2D eigenvalue weighted by atomic mass is 10.1. The molecule has 0 atom stereocenters. The van der Waals surface area contributed by atoms with Gasteiger partial charge in [0.1, 0.15) is 5.75 Å². The molecule has 1 aromatic heterocycles. The molecule has 3 nitrogen and oxygen atoms in total. The molecule has 0 saturated carbocycles. The standard InChI is InChI=1S/C18H17ClN2O.ClH/c1-11-4-5-13(9-16(11)19)21-18-8-12(2)20-17-7-6-14(22-3)10-15(17)18;/h4-10H,1-3H3,(H,20,21);1H/p-1. The smallest absolute Gasteiger partial charge is 0.119 e. The fourth-order valence-electron chi connectivity index (χ4n) is 2.39. The Balaban J connectivity index is 0.00000192. The molecule has 1 N–H and O–H groups in total. The molecule has 23 heavy (non-hydrogen) atoms. The number of fused-ring (bicyclic) bond motifs is 1. The van der Waals surface area contributed by atoms with Crippen LogP contribution in [0.1, 0.15) is 11.3 Å². The van der Waals surface area contributed by atoms with Crippen molar-refractivity contribution < 1.29 is 17.1 Å². The van der Waals surface area contributed by atoms with E-state index in [1.165, 1.54) is 0 Å². The van der Waals surface area contributed by atoms with Crippen LogP contribution in [-0.4, -0.2) is 12.1 Å². The minimum absolute atomic E-state index is 0. The second-order valence-corrected chi connectivity index (χ2v) is 5.69. The molecule has 0 radical (unpaired) electrons. The summed E-state index contributed by atoms with van der Waals surface area (Å²) in [5.41, 5.74) is 4.89. The fraction of sp³-hybridized carbons (Fsp3) is 0.167. The van der Waals surface area contributed by atoms with Gasteiger partial charge in [-0.1, -0.05) is 17.7 Å². The van der Waals surface area contributed by atoms with E-state index >= 15 is 0 Å². The number of hydrogen-bond acceptors (Lipinski definition) is 3. The Bertz CT molecular complexity index is 850. The van der Waals surface area contributed by atoms with E-state index in [2.05, 4.69) is 10.3 Å². The van der Waals surface area contributed by atoms with Crippen molar-refractivity contribution in [2.45, 2.75) is 13.8 Å². The van der Waals surface area contributed by atoms with E-state index in [9.17, 15) is 0 Å². The highest BCUT2D eigenvalue weighted by Crippen LogP contribution is 2.30. The van der Waals surface area contributed by atoms with Crippen molar-refractivity contribution in [3.05, 3.63) is 58.7 Å². The van der Waals surface area contributed by atoms with E-state index in [-0.39, 0.29) is 12.4 Å². The van der Waals surface area contributed by atoms with Gasteiger partial charge in [0.25, 0.3) is 0 Å². The van der Waals surface area contributed by atoms with Crippen LogP contribution in [0.3, 0.4) is 0 Å². The summed E-state index contributed by atoms with van der Waals surface area (Å²) in [5, 5.41) is 5.19. The van der Waals surface area contributed by atoms with E-state index in [0.717, 1.165) is 44.3 Å². The first-order chi connectivity index (χ1) is 10.6. The number of hydrogen-bond donors (Lipinski definition) is 1. The average Bonchev–Trinajstić information content (AvgIpc) is 2.50. The molecule has 0 aliphatic heterocycles. The zero-order valence-corrected chi connectivity index (χ0v) is 14.7. The number of nitrogens with zero attached hydrogens (tertiary/aromatic N) is 1. The van der Waals surface area contributed by atoms with E-state index in [0.29, 0.717) is 0 Å². The third kappa shape index (κ3) is 3.69. The quantitative estimate of drug-likeness (QED) is 0.789. The Morgan fingerprint density at radius 3 is 2.52 bits per heavy atom. The van der Waals surface area contributed by atoms with E-state index < -0.39 is 0 Å². The maximum atomic E-state index is 6.20. The summed E-state index contributed by atoms with van der Waals surface area (Å²) in [4.78, 5) is 4.56. The van der Waals surface area contributed by atoms with Gasteiger partial charge in [-0.2, -0.15) is 0 Å². The predicted octanol–water partition coefficient (Wildman–Crippen LogP) is 2.26. The Kier molecular flexibility index (Phi) is 5.34. The Labute approximate surface area is 147 Å². The molecule has 0 spiro atoms. The molecule has 5 heteroatoms. The number of benzene rings is 2. The molecular formula is C18H17Cl2N2O-. The molecule has 120 valence electrons. The first kappa shape index (κ1) is 17.4. The largest absolute Gasteiger partial charge is 1.00 e. The van der Waals surface area contributed by atoms with Gasteiger partial charge in [0.2, 0.25) is 0 Å². The summed E-state index contributed by atoms with van der Waals surface area (Å²) < 4.78 is 5.32. The fourth-order valence-corrected chi connectivity index (χ4v) is 2.57. The van der Waals surface area contributed by atoms with E-state index in [4.69, 9.17) is 16.3 Å². The molecule has 0 aliphatic rings. The minimum Gasteiger partial charge on any atom is -1.00 e. The number of rotatable bonds is 3. The number of aromatic nitrogens is 1. The molecule has 0 unspecified atom stereocenters. The van der Waals surface area contributed by atoms with Crippen LogP contribution >= 0.6 is 11.6 Å². The predicted molar refractivity (Wildman–Crippen MR) is 92.5 cm³/mol. The maximum Gasteiger partial charge on any atom is 0.119 e. The lowest BCUT2D eigenvalue weighted by Gasteiger charge is -2.12. The summed E-state index contributed by atoms with van der Waals surface area (Å²) in [7, 11) is 1.66.